The zero-order chi connectivity index (χ0) is 24.0. The van der Waals surface area contributed by atoms with Gasteiger partial charge in [-0.15, -0.1) is 0 Å². The van der Waals surface area contributed by atoms with Crippen LogP contribution < -0.4 is 4.74 Å². The molecule has 0 bridgehead atoms. The van der Waals surface area contributed by atoms with Crippen LogP contribution in [0, 0.1) is 5.92 Å². The Kier molecular flexibility index (Phi) is 8.95. The summed E-state index contributed by atoms with van der Waals surface area (Å²) in [5, 5.41) is 0. The largest absolute Gasteiger partial charge is 0.496 e. The fraction of sp³-hybridized carbons (Fsp3) is 0.793. The van der Waals surface area contributed by atoms with Gasteiger partial charge in [0.25, 0.3) is 0 Å². The summed E-state index contributed by atoms with van der Waals surface area (Å²) < 4.78 is 29.8. The highest BCUT2D eigenvalue weighted by molar-refractivity contribution is 5.43. The second kappa shape index (κ2) is 11.7. The van der Waals surface area contributed by atoms with Gasteiger partial charge in [0.1, 0.15) is 5.75 Å². The summed E-state index contributed by atoms with van der Waals surface area (Å²) in [7, 11) is 1.81. The van der Waals surface area contributed by atoms with E-state index in [0.29, 0.717) is 38.3 Å². The second-order valence-corrected chi connectivity index (χ2v) is 11.1. The lowest BCUT2D eigenvalue weighted by Gasteiger charge is -2.42. The SMILES string of the molecule is CCCCCCC(C)(C)c1ccc([C@@H]2CC3(CC[C@H]2CCC2OCCO2)OCCO3)c(OC)c1. The molecule has 0 radical (unpaired) electrons. The Labute approximate surface area is 206 Å². The highest BCUT2D eigenvalue weighted by atomic mass is 16.7. The average molecular weight is 475 g/mol. The molecular formula is C29H46O5. The first kappa shape index (κ1) is 25.9. The minimum absolute atomic E-state index is 0.0479. The van der Waals surface area contributed by atoms with Crippen molar-refractivity contribution < 1.29 is 23.7 Å². The highest BCUT2D eigenvalue weighted by Gasteiger charge is 2.46. The van der Waals surface area contributed by atoms with Gasteiger partial charge in [0, 0.05) is 12.8 Å². The van der Waals surface area contributed by atoms with Gasteiger partial charge in [0.15, 0.2) is 12.1 Å². The predicted octanol–water partition coefficient (Wildman–Crippen LogP) is 6.72. The van der Waals surface area contributed by atoms with E-state index >= 15 is 0 Å². The standard InChI is InChI=1S/C29H46O5/c1-5-6-7-8-14-28(2,3)23-10-11-24(26(20-23)30-4)25-21-29(33-18-19-34-29)15-13-22(25)9-12-27-31-16-17-32-27/h10-11,20,22,25,27H,5-9,12-19,21H2,1-4H3/t22-,25-/m1/s1. The topological polar surface area (TPSA) is 46.2 Å². The van der Waals surface area contributed by atoms with Crippen LogP contribution in [-0.2, 0) is 24.4 Å². The van der Waals surface area contributed by atoms with E-state index in [0.717, 1.165) is 37.9 Å². The van der Waals surface area contributed by atoms with Gasteiger partial charge in [0.05, 0.1) is 33.5 Å². The minimum Gasteiger partial charge on any atom is -0.496 e. The first-order chi connectivity index (χ1) is 16.5. The molecule has 2 atom stereocenters. The number of hydrogen-bond donors (Lipinski definition) is 0. The molecule has 5 nitrogen and oxygen atoms in total. The maximum atomic E-state index is 6.16. The van der Waals surface area contributed by atoms with Gasteiger partial charge in [0.2, 0.25) is 0 Å². The Morgan fingerprint density at radius 1 is 1.00 bits per heavy atom. The molecule has 0 aromatic heterocycles. The predicted molar refractivity (Wildman–Crippen MR) is 134 cm³/mol. The molecule has 4 rings (SSSR count). The monoisotopic (exact) mass is 474 g/mol. The molecule has 2 aliphatic heterocycles. The zero-order valence-corrected chi connectivity index (χ0v) is 21.9. The molecule has 3 aliphatic rings. The third kappa shape index (κ3) is 6.16. The lowest BCUT2D eigenvalue weighted by molar-refractivity contribution is -0.188. The average Bonchev–Trinajstić information content (AvgIpc) is 3.53. The van der Waals surface area contributed by atoms with Crippen molar-refractivity contribution in [3.63, 3.8) is 0 Å². The Morgan fingerprint density at radius 3 is 2.47 bits per heavy atom. The van der Waals surface area contributed by atoms with Crippen LogP contribution in [0.5, 0.6) is 5.75 Å². The van der Waals surface area contributed by atoms with E-state index < -0.39 is 5.79 Å². The second-order valence-electron chi connectivity index (χ2n) is 11.1. The molecule has 1 aliphatic carbocycles. The van der Waals surface area contributed by atoms with E-state index in [-0.39, 0.29) is 11.7 Å². The third-order valence-electron chi connectivity index (χ3n) is 8.34. The summed E-state index contributed by atoms with van der Waals surface area (Å²) in [5.74, 6) is 1.46. The molecule has 5 heteroatoms. The summed E-state index contributed by atoms with van der Waals surface area (Å²) in [5.41, 5.74) is 2.80. The third-order valence-corrected chi connectivity index (χ3v) is 8.34. The lowest BCUT2D eigenvalue weighted by atomic mass is 9.70. The molecule has 0 N–H and O–H groups in total. The molecule has 1 aromatic rings. The van der Waals surface area contributed by atoms with Crippen LogP contribution in [0.2, 0.25) is 0 Å². The maximum Gasteiger partial charge on any atom is 0.169 e. The first-order valence-electron chi connectivity index (χ1n) is 13.7. The Balaban J connectivity index is 1.53. The van der Waals surface area contributed by atoms with Gasteiger partial charge in [-0.25, -0.2) is 0 Å². The van der Waals surface area contributed by atoms with Gasteiger partial charge in [-0.05, 0) is 60.1 Å². The fourth-order valence-electron chi connectivity index (χ4n) is 6.18. The van der Waals surface area contributed by atoms with Gasteiger partial charge in [-0.2, -0.15) is 0 Å². The van der Waals surface area contributed by atoms with Gasteiger partial charge < -0.3 is 23.7 Å². The van der Waals surface area contributed by atoms with Crippen molar-refractivity contribution >= 4 is 0 Å². The summed E-state index contributed by atoms with van der Waals surface area (Å²) >= 11 is 0. The Hall–Kier alpha value is -1.14. The van der Waals surface area contributed by atoms with Crippen LogP contribution in [0.4, 0.5) is 0 Å². The maximum absolute atomic E-state index is 6.16. The van der Waals surface area contributed by atoms with Crippen LogP contribution >= 0.6 is 0 Å². The molecule has 2 saturated heterocycles. The minimum atomic E-state index is -0.427. The van der Waals surface area contributed by atoms with Crippen LogP contribution in [0.3, 0.4) is 0 Å². The van der Waals surface area contributed by atoms with E-state index in [1.54, 1.807) is 0 Å². The molecule has 1 aromatic carbocycles. The number of hydrogen-bond acceptors (Lipinski definition) is 5. The van der Waals surface area contributed by atoms with Crippen molar-refractivity contribution in [2.24, 2.45) is 5.92 Å². The lowest BCUT2D eigenvalue weighted by Crippen LogP contribution is -2.39. The van der Waals surface area contributed by atoms with E-state index in [9.17, 15) is 0 Å². The Morgan fingerprint density at radius 2 is 1.76 bits per heavy atom. The van der Waals surface area contributed by atoms with E-state index in [1.807, 2.05) is 7.11 Å². The van der Waals surface area contributed by atoms with Crippen LogP contribution in [0.25, 0.3) is 0 Å². The van der Waals surface area contributed by atoms with E-state index in [4.69, 9.17) is 23.7 Å². The van der Waals surface area contributed by atoms with Crippen molar-refractivity contribution in [3.05, 3.63) is 29.3 Å². The molecule has 0 amide bonds. The summed E-state index contributed by atoms with van der Waals surface area (Å²) in [6.45, 7) is 9.83. The van der Waals surface area contributed by atoms with Crippen LogP contribution in [-0.4, -0.2) is 45.6 Å². The summed E-state index contributed by atoms with van der Waals surface area (Å²) in [4.78, 5) is 0. The summed E-state index contributed by atoms with van der Waals surface area (Å²) in [6, 6.07) is 6.97. The molecule has 2 heterocycles. The molecule has 192 valence electrons. The smallest absolute Gasteiger partial charge is 0.169 e. The van der Waals surface area contributed by atoms with E-state index in [1.165, 1.54) is 43.2 Å². The van der Waals surface area contributed by atoms with Crippen LogP contribution in [0.15, 0.2) is 18.2 Å². The zero-order valence-electron chi connectivity index (χ0n) is 21.9. The molecule has 1 saturated carbocycles. The summed E-state index contributed by atoms with van der Waals surface area (Å²) in [6.07, 6.45) is 11.3. The van der Waals surface area contributed by atoms with E-state index in [2.05, 4.69) is 39.0 Å². The highest BCUT2D eigenvalue weighted by Crippen LogP contribution is 2.50. The quantitative estimate of drug-likeness (QED) is 0.333. The van der Waals surface area contributed by atoms with Crippen LogP contribution in [0.1, 0.15) is 102 Å². The normalized spacial score (nSPS) is 25.3. The number of unbranched alkanes of at least 4 members (excludes halogenated alkanes) is 3. The van der Waals surface area contributed by atoms with Crippen molar-refractivity contribution in [3.8, 4) is 5.75 Å². The molecule has 1 spiro atoms. The number of benzene rings is 1. The van der Waals surface area contributed by atoms with Gasteiger partial charge in [-0.1, -0.05) is 58.6 Å². The molecule has 3 fully saturated rings. The number of rotatable bonds is 11. The number of methoxy groups -OCH3 is 1. The molecule has 0 unspecified atom stereocenters. The first-order valence-corrected chi connectivity index (χ1v) is 13.7. The van der Waals surface area contributed by atoms with Crippen molar-refractivity contribution in [1.29, 1.82) is 0 Å². The van der Waals surface area contributed by atoms with Crippen molar-refractivity contribution in [2.75, 3.05) is 33.5 Å². The molecular weight excluding hydrogens is 428 g/mol. The van der Waals surface area contributed by atoms with Crippen molar-refractivity contribution in [1.82, 2.24) is 0 Å². The molecule has 34 heavy (non-hydrogen) atoms. The van der Waals surface area contributed by atoms with Gasteiger partial charge >= 0.3 is 0 Å². The van der Waals surface area contributed by atoms with Crippen molar-refractivity contribution in [2.45, 2.75) is 108 Å². The van der Waals surface area contributed by atoms with Gasteiger partial charge in [-0.3, -0.25) is 0 Å². The number of ether oxygens (including phenoxy) is 5. The fourth-order valence-corrected chi connectivity index (χ4v) is 6.18. The Bertz CT molecular complexity index is 762.